The molecule has 0 amide bonds. The number of rotatable bonds is 2. The molecule has 17 heavy (non-hydrogen) atoms. The van der Waals surface area contributed by atoms with Crippen LogP contribution in [0.1, 0.15) is 11.4 Å². The first kappa shape index (κ1) is 12.4. The first-order valence-corrected chi connectivity index (χ1v) is 6.47. The third-order valence-corrected chi connectivity index (χ3v) is 4.90. The zero-order chi connectivity index (χ0) is 13.0. The summed E-state index contributed by atoms with van der Waals surface area (Å²) in [4.78, 5) is 0.0375. The van der Waals surface area contributed by atoms with Gasteiger partial charge in [-0.15, -0.1) is 0 Å². The van der Waals surface area contributed by atoms with Crippen LogP contribution < -0.4 is 0 Å². The maximum absolute atomic E-state index is 12.7. The fourth-order valence-corrected chi connectivity index (χ4v) is 3.79. The predicted octanol–water partition coefficient (Wildman–Crippen LogP) is 0.677. The number of aromatic nitrogens is 2. The Kier molecular flexibility index (Phi) is 2.55. The lowest BCUT2D eigenvalue weighted by atomic mass is 10.2. The van der Waals surface area contributed by atoms with Gasteiger partial charge in [-0.1, -0.05) is 0 Å². The molecule has 0 radical (unpaired) electrons. The zero-order valence-electron chi connectivity index (χ0n) is 9.74. The lowest BCUT2D eigenvalue weighted by Crippen LogP contribution is -2.58. The maximum atomic E-state index is 12.7. The summed E-state index contributed by atoms with van der Waals surface area (Å²) in [5, 5.41) is 3.98. The van der Waals surface area contributed by atoms with E-state index in [0.717, 1.165) is 4.31 Å². The molecule has 0 atom stereocenters. The van der Waals surface area contributed by atoms with E-state index in [4.69, 9.17) is 0 Å². The van der Waals surface area contributed by atoms with Crippen molar-refractivity contribution in [2.24, 2.45) is 7.05 Å². The normalized spacial score (nSPS) is 20.3. The van der Waals surface area contributed by atoms with Gasteiger partial charge in [-0.3, -0.25) is 4.68 Å². The van der Waals surface area contributed by atoms with E-state index in [1.807, 2.05) is 0 Å². The molecule has 0 unspecified atom stereocenters. The van der Waals surface area contributed by atoms with Crippen LogP contribution in [-0.2, 0) is 17.1 Å². The average molecular weight is 265 g/mol. The number of hydrogen-bond acceptors (Lipinski definition) is 3. The van der Waals surface area contributed by atoms with Crippen LogP contribution in [0.3, 0.4) is 0 Å². The van der Waals surface area contributed by atoms with Crippen molar-refractivity contribution < 1.29 is 17.2 Å². The molecule has 0 aliphatic carbocycles. The van der Waals surface area contributed by atoms with Crippen molar-refractivity contribution in [2.75, 3.05) is 13.1 Å². The first-order valence-electron chi connectivity index (χ1n) is 5.03. The molecular formula is C9H13F2N3O2S. The number of halogens is 2. The van der Waals surface area contributed by atoms with Crippen molar-refractivity contribution in [1.29, 1.82) is 0 Å². The van der Waals surface area contributed by atoms with Crippen LogP contribution in [-0.4, -0.2) is 41.5 Å². The summed E-state index contributed by atoms with van der Waals surface area (Å²) >= 11 is 0. The number of alkyl halides is 2. The molecule has 0 saturated carbocycles. The minimum Gasteiger partial charge on any atom is -0.271 e. The van der Waals surface area contributed by atoms with Crippen LogP contribution in [0.5, 0.6) is 0 Å². The summed E-state index contributed by atoms with van der Waals surface area (Å²) in [6.45, 7) is 1.66. The van der Waals surface area contributed by atoms with Gasteiger partial charge in [0, 0.05) is 7.05 Å². The van der Waals surface area contributed by atoms with Gasteiger partial charge in [0.15, 0.2) is 0 Å². The van der Waals surface area contributed by atoms with Gasteiger partial charge in [0.1, 0.15) is 4.90 Å². The second-order valence-electron chi connectivity index (χ2n) is 4.25. The Morgan fingerprint density at radius 3 is 2.18 bits per heavy atom. The monoisotopic (exact) mass is 265 g/mol. The quantitative estimate of drug-likeness (QED) is 0.790. The second kappa shape index (κ2) is 3.49. The Hall–Kier alpha value is -1.02. The van der Waals surface area contributed by atoms with Crippen molar-refractivity contribution in [3.05, 3.63) is 11.4 Å². The predicted molar refractivity (Wildman–Crippen MR) is 56.4 cm³/mol. The van der Waals surface area contributed by atoms with Gasteiger partial charge in [-0.25, -0.2) is 17.2 Å². The van der Waals surface area contributed by atoms with Gasteiger partial charge in [0.2, 0.25) is 10.0 Å². The number of hydrogen-bond donors (Lipinski definition) is 0. The fraction of sp³-hybridized carbons (Fsp3) is 0.667. The number of aryl methyl sites for hydroxylation is 2. The van der Waals surface area contributed by atoms with E-state index < -0.39 is 29.0 Å². The van der Waals surface area contributed by atoms with Crippen LogP contribution in [0.2, 0.25) is 0 Å². The molecule has 8 heteroatoms. The second-order valence-corrected chi connectivity index (χ2v) is 6.13. The van der Waals surface area contributed by atoms with Gasteiger partial charge in [-0.05, 0) is 13.8 Å². The van der Waals surface area contributed by atoms with Crippen LogP contribution in [0.4, 0.5) is 8.78 Å². The van der Waals surface area contributed by atoms with Gasteiger partial charge >= 0.3 is 0 Å². The Morgan fingerprint density at radius 1 is 1.29 bits per heavy atom. The van der Waals surface area contributed by atoms with Crippen molar-refractivity contribution >= 4 is 10.0 Å². The highest BCUT2D eigenvalue weighted by Gasteiger charge is 2.50. The van der Waals surface area contributed by atoms with E-state index >= 15 is 0 Å². The summed E-state index contributed by atoms with van der Waals surface area (Å²) < 4.78 is 51.8. The SMILES string of the molecule is Cc1nn(C)c(C)c1S(=O)(=O)N1CC(F)(F)C1. The topological polar surface area (TPSA) is 55.2 Å². The average Bonchev–Trinajstić information content (AvgIpc) is 2.37. The minimum atomic E-state index is -3.84. The molecule has 1 fully saturated rings. The molecule has 2 heterocycles. The number of nitrogens with zero attached hydrogens (tertiary/aromatic N) is 3. The summed E-state index contributed by atoms with van der Waals surface area (Å²) in [5.74, 6) is -2.91. The molecule has 1 aromatic heterocycles. The standard InChI is InChI=1S/C9H13F2N3O2S/c1-6-8(7(2)13(3)12-6)17(15,16)14-4-9(10,11)5-14/h4-5H2,1-3H3. The Bertz CT molecular complexity index is 557. The van der Waals surface area contributed by atoms with Gasteiger partial charge < -0.3 is 0 Å². The van der Waals surface area contributed by atoms with E-state index in [9.17, 15) is 17.2 Å². The highest BCUT2D eigenvalue weighted by Crippen LogP contribution is 2.33. The first-order chi connectivity index (χ1) is 7.65. The summed E-state index contributed by atoms with van der Waals surface area (Å²) in [6, 6.07) is 0. The van der Waals surface area contributed by atoms with Crippen LogP contribution in [0.25, 0.3) is 0 Å². The molecule has 0 N–H and O–H groups in total. The third-order valence-electron chi connectivity index (χ3n) is 2.86. The zero-order valence-corrected chi connectivity index (χ0v) is 10.6. The van der Waals surface area contributed by atoms with Gasteiger partial charge in [0.05, 0.1) is 24.5 Å². The molecular weight excluding hydrogens is 252 g/mol. The largest absolute Gasteiger partial charge is 0.275 e. The molecule has 1 aliphatic rings. The van der Waals surface area contributed by atoms with Crippen LogP contribution >= 0.6 is 0 Å². The van der Waals surface area contributed by atoms with Crippen LogP contribution in [0.15, 0.2) is 4.90 Å². The van der Waals surface area contributed by atoms with E-state index in [0.29, 0.717) is 11.4 Å². The fourth-order valence-electron chi connectivity index (χ4n) is 1.90. The smallest absolute Gasteiger partial charge is 0.271 e. The van der Waals surface area contributed by atoms with Crippen molar-refractivity contribution in [2.45, 2.75) is 24.7 Å². The molecule has 0 aromatic carbocycles. The highest BCUT2D eigenvalue weighted by atomic mass is 32.2. The molecule has 1 saturated heterocycles. The van der Waals surface area contributed by atoms with E-state index in [2.05, 4.69) is 5.10 Å². The molecule has 5 nitrogen and oxygen atoms in total. The van der Waals surface area contributed by atoms with Gasteiger partial charge in [0.25, 0.3) is 5.92 Å². The van der Waals surface area contributed by atoms with E-state index in [-0.39, 0.29) is 4.90 Å². The Morgan fingerprint density at radius 2 is 1.82 bits per heavy atom. The maximum Gasteiger partial charge on any atom is 0.275 e. The summed E-state index contributed by atoms with van der Waals surface area (Å²) in [6.07, 6.45) is 0. The molecule has 0 bridgehead atoms. The minimum absolute atomic E-state index is 0.0375. The molecule has 0 spiro atoms. The lowest BCUT2D eigenvalue weighted by molar-refractivity contribution is -0.0945. The van der Waals surface area contributed by atoms with Gasteiger partial charge in [-0.2, -0.15) is 9.40 Å². The van der Waals surface area contributed by atoms with Crippen molar-refractivity contribution in [3.63, 3.8) is 0 Å². The molecule has 1 aliphatic heterocycles. The van der Waals surface area contributed by atoms with Crippen molar-refractivity contribution in [3.8, 4) is 0 Å². The molecule has 96 valence electrons. The van der Waals surface area contributed by atoms with E-state index in [1.54, 1.807) is 20.9 Å². The Labute approximate surface area is 98.1 Å². The number of sulfonamides is 1. The lowest BCUT2D eigenvalue weighted by Gasteiger charge is -2.37. The molecule has 2 rings (SSSR count). The summed E-state index contributed by atoms with van der Waals surface area (Å²) in [7, 11) is -2.23. The highest BCUT2D eigenvalue weighted by molar-refractivity contribution is 7.89. The summed E-state index contributed by atoms with van der Waals surface area (Å²) in [5.41, 5.74) is 0.790. The Balaban J connectivity index is 2.40. The van der Waals surface area contributed by atoms with Crippen LogP contribution in [0, 0.1) is 13.8 Å². The van der Waals surface area contributed by atoms with E-state index in [1.165, 1.54) is 4.68 Å². The third kappa shape index (κ3) is 1.85. The molecule has 1 aromatic rings. The van der Waals surface area contributed by atoms with Crippen molar-refractivity contribution in [1.82, 2.24) is 14.1 Å².